The number of fused-ring (bicyclic) bond motifs is 3. The number of carboxylic acid groups (broad SMARTS) is 1. The van der Waals surface area contributed by atoms with E-state index in [0.717, 1.165) is 12.1 Å². The van der Waals surface area contributed by atoms with Crippen molar-refractivity contribution >= 4 is 23.6 Å². The highest BCUT2D eigenvalue weighted by Gasteiger charge is 2.48. The molecule has 4 heterocycles. The van der Waals surface area contributed by atoms with Crippen LogP contribution in [0, 0.1) is 5.82 Å². The van der Waals surface area contributed by atoms with E-state index in [1.807, 2.05) is 18.7 Å². The monoisotopic (exact) mass is 513 g/mol. The molecule has 1 aromatic carbocycles. The number of halogens is 1. The van der Waals surface area contributed by atoms with Crippen LogP contribution in [0.15, 0.2) is 24.3 Å². The Hall–Kier alpha value is -3.83. The van der Waals surface area contributed by atoms with Crippen LogP contribution in [-0.4, -0.2) is 104 Å². The van der Waals surface area contributed by atoms with Crippen LogP contribution in [-0.2, 0) is 0 Å². The number of anilines is 2. The standard InChI is InChI=1S/C25H32FN7O4/c1-4-25-13-27-21-19(12-18(28-29-21)16-6-5-7-17(26)20(16)34)32(25)10-8-30(15-25)22(35)33-11-9-31(23(36)37)14-24(33,2)3/h5-7,12,34H,4,8-11,13-15H2,1-3H3,(H,27,29)(H,36,37). The third-order valence-corrected chi connectivity index (χ3v) is 7.90. The van der Waals surface area contributed by atoms with Crippen molar-refractivity contribution in [1.29, 1.82) is 0 Å². The zero-order chi connectivity index (χ0) is 26.5. The van der Waals surface area contributed by atoms with E-state index in [9.17, 15) is 24.2 Å². The van der Waals surface area contributed by atoms with Gasteiger partial charge in [0.15, 0.2) is 17.4 Å². The van der Waals surface area contributed by atoms with Crippen molar-refractivity contribution in [2.75, 3.05) is 56.0 Å². The first-order valence-corrected chi connectivity index (χ1v) is 12.5. The number of para-hydroxylation sites is 1. The van der Waals surface area contributed by atoms with E-state index in [2.05, 4.69) is 27.3 Å². The van der Waals surface area contributed by atoms with E-state index in [4.69, 9.17) is 0 Å². The summed E-state index contributed by atoms with van der Waals surface area (Å²) in [5.41, 5.74) is 0.391. The van der Waals surface area contributed by atoms with Gasteiger partial charge in [-0.15, -0.1) is 10.2 Å². The Bertz CT molecular complexity index is 1240. The van der Waals surface area contributed by atoms with Gasteiger partial charge in [0.25, 0.3) is 0 Å². The maximum atomic E-state index is 14.0. The van der Waals surface area contributed by atoms with Crippen LogP contribution in [0.5, 0.6) is 5.75 Å². The van der Waals surface area contributed by atoms with Gasteiger partial charge in [-0.1, -0.05) is 13.0 Å². The summed E-state index contributed by atoms with van der Waals surface area (Å²) in [4.78, 5) is 32.4. The molecule has 37 heavy (non-hydrogen) atoms. The number of piperazine rings is 2. The molecule has 5 rings (SSSR count). The Morgan fingerprint density at radius 1 is 1.11 bits per heavy atom. The molecule has 3 N–H and O–H groups in total. The summed E-state index contributed by atoms with van der Waals surface area (Å²) in [6.07, 6.45) is -0.220. The number of hydrogen-bond acceptors (Lipinski definition) is 7. The molecule has 1 atom stereocenters. The molecule has 0 bridgehead atoms. The molecule has 0 aliphatic carbocycles. The Morgan fingerprint density at radius 3 is 2.57 bits per heavy atom. The number of aromatic nitrogens is 2. The fraction of sp³-hybridized carbons (Fsp3) is 0.520. The van der Waals surface area contributed by atoms with Crippen molar-refractivity contribution in [2.24, 2.45) is 0 Å². The van der Waals surface area contributed by atoms with Crippen molar-refractivity contribution in [3.63, 3.8) is 0 Å². The van der Waals surface area contributed by atoms with Crippen LogP contribution in [0.2, 0.25) is 0 Å². The molecule has 11 nitrogen and oxygen atoms in total. The molecule has 2 aromatic rings. The van der Waals surface area contributed by atoms with Crippen LogP contribution >= 0.6 is 0 Å². The molecule has 12 heteroatoms. The number of amides is 3. The average molecular weight is 514 g/mol. The molecule has 0 saturated carbocycles. The number of nitrogens with one attached hydrogen (secondary N) is 1. The molecule has 1 aromatic heterocycles. The lowest BCUT2D eigenvalue weighted by molar-refractivity contribution is 0.0282. The largest absolute Gasteiger partial charge is 0.504 e. The lowest BCUT2D eigenvalue weighted by Crippen LogP contribution is -2.71. The molecular formula is C25H32FN7O4. The minimum absolute atomic E-state index is 0.0912. The Morgan fingerprint density at radius 2 is 1.86 bits per heavy atom. The van der Waals surface area contributed by atoms with Crippen LogP contribution in [0.1, 0.15) is 27.2 Å². The lowest BCUT2D eigenvalue weighted by Gasteiger charge is -2.56. The van der Waals surface area contributed by atoms with Gasteiger partial charge in [-0.05, 0) is 38.5 Å². The number of benzene rings is 1. The Balaban J connectivity index is 1.40. The van der Waals surface area contributed by atoms with Crippen LogP contribution in [0.3, 0.4) is 0 Å². The highest BCUT2D eigenvalue weighted by molar-refractivity contribution is 5.80. The minimum atomic E-state index is -0.973. The summed E-state index contributed by atoms with van der Waals surface area (Å²) < 4.78 is 14.0. The molecule has 1 unspecified atom stereocenters. The SMILES string of the molecule is CCC12CNc3nnc(-c4cccc(F)c4O)cc3N1CCN(C(=O)N1CCN(C(=O)O)CC1(C)C)C2. The van der Waals surface area contributed by atoms with E-state index >= 15 is 0 Å². The highest BCUT2D eigenvalue weighted by Crippen LogP contribution is 2.41. The normalized spacial score (nSPS) is 22.7. The number of aromatic hydroxyl groups is 1. The highest BCUT2D eigenvalue weighted by atomic mass is 19.1. The molecule has 0 radical (unpaired) electrons. The van der Waals surface area contributed by atoms with Crippen molar-refractivity contribution in [1.82, 2.24) is 24.9 Å². The second-order valence-electron chi connectivity index (χ2n) is 10.6. The fourth-order valence-electron chi connectivity index (χ4n) is 5.75. The molecule has 2 saturated heterocycles. The first-order chi connectivity index (χ1) is 17.6. The van der Waals surface area contributed by atoms with Crippen molar-refractivity contribution in [3.05, 3.63) is 30.1 Å². The number of phenolic OH excluding ortho intramolecular Hbond substituents is 1. The van der Waals surface area contributed by atoms with Gasteiger partial charge in [-0.3, -0.25) is 0 Å². The Labute approximate surface area is 214 Å². The number of carbonyl (C=O) groups is 2. The summed E-state index contributed by atoms with van der Waals surface area (Å²) >= 11 is 0. The van der Waals surface area contributed by atoms with Gasteiger partial charge in [-0.2, -0.15) is 0 Å². The topological polar surface area (TPSA) is 125 Å². The molecule has 198 valence electrons. The molecule has 3 aliphatic rings. The predicted molar refractivity (Wildman–Crippen MR) is 135 cm³/mol. The predicted octanol–water partition coefficient (Wildman–Crippen LogP) is 2.88. The second kappa shape index (κ2) is 8.93. The first kappa shape index (κ1) is 24.8. The van der Waals surface area contributed by atoms with Gasteiger partial charge in [0.1, 0.15) is 0 Å². The quantitative estimate of drug-likeness (QED) is 0.560. The van der Waals surface area contributed by atoms with Crippen molar-refractivity contribution in [3.8, 4) is 17.0 Å². The Kier molecular flexibility index (Phi) is 5.99. The van der Waals surface area contributed by atoms with E-state index in [1.165, 1.54) is 17.0 Å². The summed E-state index contributed by atoms with van der Waals surface area (Å²) in [6.45, 7) is 8.85. The maximum Gasteiger partial charge on any atom is 0.407 e. The zero-order valence-electron chi connectivity index (χ0n) is 21.2. The fourth-order valence-corrected chi connectivity index (χ4v) is 5.75. The number of rotatable bonds is 2. The van der Waals surface area contributed by atoms with E-state index in [0.29, 0.717) is 44.2 Å². The number of carbonyl (C=O) groups excluding carboxylic acids is 1. The van der Waals surface area contributed by atoms with Crippen LogP contribution in [0.25, 0.3) is 11.3 Å². The van der Waals surface area contributed by atoms with Gasteiger partial charge >= 0.3 is 12.1 Å². The number of phenols is 1. The van der Waals surface area contributed by atoms with Crippen LogP contribution < -0.4 is 10.2 Å². The van der Waals surface area contributed by atoms with Crippen LogP contribution in [0.4, 0.5) is 25.5 Å². The first-order valence-electron chi connectivity index (χ1n) is 12.5. The minimum Gasteiger partial charge on any atom is -0.504 e. The smallest absolute Gasteiger partial charge is 0.407 e. The van der Waals surface area contributed by atoms with Gasteiger partial charge in [0, 0.05) is 51.4 Å². The second-order valence-corrected chi connectivity index (χ2v) is 10.6. The van der Waals surface area contributed by atoms with Crippen molar-refractivity contribution in [2.45, 2.75) is 38.3 Å². The summed E-state index contributed by atoms with van der Waals surface area (Å²) in [6, 6.07) is 6.02. The maximum absolute atomic E-state index is 14.0. The van der Waals surface area contributed by atoms with Gasteiger partial charge in [-0.25, -0.2) is 14.0 Å². The van der Waals surface area contributed by atoms with Crippen molar-refractivity contribution < 1.29 is 24.2 Å². The lowest BCUT2D eigenvalue weighted by atomic mass is 9.87. The van der Waals surface area contributed by atoms with E-state index in [1.54, 1.807) is 17.0 Å². The third-order valence-electron chi connectivity index (χ3n) is 7.90. The number of nitrogens with zero attached hydrogens (tertiary/aromatic N) is 6. The number of hydrogen-bond donors (Lipinski definition) is 3. The summed E-state index contributed by atoms with van der Waals surface area (Å²) in [7, 11) is 0. The number of urea groups is 1. The van der Waals surface area contributed by atoms with Gasteiger partial charge in [0.2, 0.25) is 0 Å². The van der Waals surface area contributed by atoms with Gasteiger partial charge < -0.3 is 35.1 Å². The van der Waals surface area contributed by atoms with E-state index < -0.39 is 28.7 Å². The molecule has 0 spiro atoms. The van der Waals surface area contributed by atoms with E-state index in [-0.39, 0.29) is 24.7 Å². The zero-order valence-corrected chi connectivity index (χ0v) is 21.2. The molecule has 3 amide bonds. The van der Waals surface area contributed by atoms with Gasteiger partial charge in [0.05, 0.1) is 22.5 Å². The summed E-state index contributed by atoms with van der Waals surface area (Å²) in [5, 5.41) is 31.5. The molecule has 3 aliphatic heterocycles. The summed E-state index contributed by atoms with van der Waals surface area (Å²) in [5.74, 6) is -0.588. The molecular weight excluding hydrogens is 481 g/mol. The average Bonchev–Trinajstić information content (AvgIpc) is 2.88. The third kappa shape index (κ3) is 4.13. The molecule has 2 fully saturated rings.